The van der Waals surface area contributed by atoms with Crippen LogP contribution in [-0.4, -0.2) is 13.7 Å². The number of hydrogen-bond donors (Lipinski definition) is 0. The second-order valence-corrected chi connectivity index (χ2v) is 6.02. The molecule has 0 saturated heterocycles. The van der Waals surface area contributed by atoms with E-state index in [4.69, 9.17) is 9.47 Å². The zero-order chi connectivity index (χ0) is 20.1. The highest BCUT2D eigenvalue weighted by atomic mass is 19.2. The van der Waals surface area contributed by atoms with Gasteiger partial charge in [-0.05, 0) is 47.9 Å². The molecule has 2 nitrogen and oxygen atoms in total. The number of rotatable bonds is 6. The summed E-state index contributed by atoms with van der Waals surface area (Å²) in [4.78, 5) is 0. The summed E-state index contributed by atoms with van der Waals surface area (Å²) in [6.45, 7) is 2.20. The highest BCUT2D eigenvalue weighted by molar-refractivity contribution is 5.72. The minimum absolute atomic E-state index is 0.121. The topological polar surface area (TPSA) is 18.5 Å². The van der Waals surface area contributed by atoms with Crippen molar-refractivity contribution in [2.24, 2.45) is 0 Å². The fourth-order valence-corrected chi connectivity index (χ4v) is 2.76. The van der Waals surface area contributed by atoms with Gasteiger partial charge in [0.1, 0.15) is 0 Å². The Bertz CT molecular complexity index is 995. The maximum Gasteiger partial charge on any atom is 0.201 e. The largest absolute Gasteiger partial charge is 0.494 e. The average Bonchev–Trinajstić information content (AvgIpc) is 2.71. The lowest BCUT2D eigenvalue weighted by atomic mass is 10.0. The van der Waals surface area contributed by atoms with E-state index in [1.807, 2.05) is 24.3 Å². The van der Waals surface area contributed by atoms with E-state index in [1.54, 1.807) is 25.1 Å². The third kappa shape index (κ3) is 4.19. The first-order chi connectivity index (χ1) is 13.5. The van der Waals surface area contributed by atoms with Crippen LogP contribution in [0, 0.1) is 17.5 Å². The molecule has 3 rings (SSSR count). The summed E-state index contributed by atoms with van der Waals surface area (Å²) >= 11 is 0. The second-order valence-electron chi connectivity index (χ2n) is 6.02. The maximum absolute atomic E-state index is 14.0. The third-order valence-corrected chi connectivity index (χ3v) is 4.23. The van der Waals surface area contributed by atoms with E-state index in [-0.39, 0.29) is 17.1 Å². The van der Waals surface area contributed by atoms with Crippen LogP contribution in [0.4, 0.5) is 13.2 Å². The van der Waals surface area contributed by atoms with Gasteiger partial charge in [0, 0.05) is 5.56 Å². The standard InChI is InChI=1S/C23H19F3O2/c1-3-28-20-12-11-18(14-19(20)24)16-7-4-15(5-8-16)6-9-17-10-13-21(27-2)23(26)22(17)25/h4-14H,3H2,1-2H3/b9-6+. The molecule has 0 fully saturated rings. The lowest BCUT2D eigenvalue weighted by Gasteiger charge is -2.07. The van der Waals surface area contributed by atoms with Crippen LogP contribution in [0.25, 0.3) is 23.3 Å². The summed E-state index contributed by atoms with van der Waals surface area (Å²) in [5, 5.41) is 0. The van der Waals surface area contributed by atoms with Crippen molar-refractivity contribution in [3.8, 4) is 22.6 Å². The van der Waals surface area contributed by atoms with Gasteiger partial charge >= 0.3 is 0 Å². The van der Waals surface area contributed by atoms with Crippen molar-refractivity contribution in [1.82, 2.24) is 0 Å². The smallest absolute Gasteiger partial charge is 0.201 e. The molecule has 0 N–H and O–H groups in total. The van der Waals surface area contributed by atoms with Crippen LogP contribution in [0.5, 0.6) is 11.5 Å². The van der Waals surface area contributed by atoms with Crippen LogP contribution >= 0.6 is 0 Å². The lowest BCUT2D eigenvalue weighted by molar-refractivity contribution is 0.321. The van der Waals surface area contributed by atoms with Gasteiger partial charge in [-0.2, -0.15) is 4.39 Å². The van der Waals surface area contributed by atoms with Crippen LogP contribution in [0.15, 0.2) is 54.6 Å². The minimum Gasteiger partial charge on any atom is -0.494 e. The predicted molar refractivity (Wildman–Crippen MR) is 105 cm³/mol. The zero-order valence-electron chi connectivity index (χ0n) is 15.5. The summed E-state index contributed by atoms with van der Waals surface area (Å²) in [6.07, 6.45) is 3.16. The molecule has 0 heterocycles. The molecule has 0 spiro atoms. The van der Waals surface area contributed by atoms with Gasteiger partial charge in [0.25, 0.3) is 0 Å². The van der Waals surface area contributed by atoms with Crippen molar-refractivity contribution >= 4 is 12.2 Å². The van der Waals surface area contributed by atoms with Gasteiger partial charge in [0.2, 0.25) is 5.82 Å². The molecule has 0 radical (unpaired) electrons. The molecule has 0 unspecified atom stereocenters. The van der Waals surface area contributed by atoms with Crippen molar-refractivity contribution in [3.63, 3.8) is 0 Å². The summed E-state index contributed by atoms with van der Waals surface area (Å²) in [5.41, 5.74) is 2.47. The van der Waals surface area contributed by atoms with E-state index in [9.17, 15) is 13.2 Å². The molecule has 144 valence electrons. The summed E-state index contributed by atoms with van der Waals surface area (Å²) in [6, 6.07) is 14.9. The molecule has 5 heteroatoms. The first-order valence-electron chi connectivity index (χ1n) is 8.76. The highest BCUT2D eigenvalue weighted by Crippen LogP contribution is 2.27. The first-order valence-corrected chi connectivity index (χ1v) is 8.76. The molecule has 3 aromatic carbocycles. The summed E-state index contributed by atoms with van der Waals surface area (Å²) < 4.78 is 51.8. The molecule has 0 bridgehead atoms. The Hall–Kier alpha value is -3.21. The molecule has 0 saturated carbocycles. The molecule has 0 atom stereocenters. The van der Waals surface area contributed by atoms with E-state index in [0.717, 1.165) is 16.7 Å². The van der Waals surface area contributed by atoms with E-state index < -0.39 is 17.5 Å². The molecule has 0 aliphatic carbocycles. The number of benzene rings is 3. The number of hydrogen-bond acceptors (Lipinski definition) is 2. The molecule has 3 aromatic rings. The number of halogens is 3. The van der Waals surface area contributed by atoms with Gasteiger partial charge in [-0.3, -0.25) is 0 Å². The normalized spacial score (nSPS) is 11.0. The number of ether oxygens (including phenoxy) is 2. The Morgan fingerprint density at radius 1 is 0.786 bits per heavy atom. The van der Waals surface area contributed by atoms with E-state index in [0.29, 0.717) is 6.61 Å². The predicted octanol–water partition coefficient (Wildman–Crippen LogP) is 6.35. The Morgan fingerprint density at radius 3 is 2.11 bits per heavy atom. The summed E-state index contributed by atoms with van der Waals surface area (Å²) in [5.74, 6) is -2.31. The SMILES string of the molecule is CCOc1ccc(-c2ccc(/C=C/c3ccc(OC)c(F)c3F)cc2)cc1F. The fraction of sp³-hybridized carbons (Fsp3) is 0.130. The van der Waals surface area contributed by atoms with Gasteiger partial charge in [0.05, 0.1) is 13.7 Å². The molecular formula is C23H19F3O2. The Morgan fingerprint density at radius 2 is 1.46 bits per heavy atom. The lowest BCUT2D eigenvalue weighted by Crippen LogP contribution is -1.94. The van der Waals surface area contributed by atoms with Crippen molar-refractivity contribution in [1.29, 1.82) is 0 Å². The molecule has 28 heavy (non-hydrogen) atoms. The molecule has 0 aliphatic rings. The van der Waals surface area contributed by atoms with Crippen LogP contribution in [-0.2, 0) is 0 Å². The van der Waals surface area contributed by atoms with Crippen molar-refractivity contribution in [3.05, 3.63) is 83.2 Å². The van der Waals surface area contributed by atoms with E-state index in [1.165, 1.54) is 31.4 Å². The Balaban J connectivity index is 1.79. The zero-order valence-corrected chi connectivity index (χ0v) is 15.5. The van der Waals surface area contributed by atoms with Crippen LogP contribution in [0.3, 0.4) is 0 Å². The van der Waals surface area contributed by atoms with Gasteiger partial charge in [0.15, 0.2) is 23.1 Å². The van der Waals surface area contributed by atoms with Crippen LogP contribution in [0.2, 0.25) is 0 Å². The van der Waals surface area contributed by atoms with Gasteiger partial charge in [-0.15, -0.1) is 0 Å². The van der Waals surface area contributed by atoms with Crippen molar-refractivity contribution in [2.45, 2.75) is 6.92 Å². The first kappa shape index (κ1) is 19.5. The fourth-order valence-electron chi connectivity index (χ4n) is 2.76. The molecule has 0 aliphatic heterocycles. The highest BCUT2D eigenvalue weighted by Gasteiger charge is 2.12. The Kier molecular flexibility index (Phi) is 6.04. The minimum atomic E-state index is -1.02. The van der Waals surface area contributed by atoms with E-state index >= 15 is 0 Å². The van der Waals surface area contributed by atoms with E-state index in [2.05, 4.69) is 0 Å². The molecule has 0 aromatic heterocycles. The van der Waals surface area contributed by atoms with Crippen molar-refractivity contribution < 1.29 is 22.6 Å². The Labute approximate surface area is 161 Å². The average molecular weight is 384 g/mol. The molecular weight excluding hydrogens is 365 g/mol. The van der Waals surface area contributed by atoms with Crippen LogP contribution < -0.4 is 9.47 Å². The van der Waals surface area contributed by atoms with Crippen molar-refractivity contribution in [2.75, 3.05) is 13.7 Å². The third-order valence-electron chi connectivity index (χ3n) is 4.23. The second kappa shape index (κ2) is 8.65. The van der Waals surface area contributed by atoms with Gasteiger partial charge in [-0.1, -0.05) is 42.5 Å². The monoisotopic (exact) mass is 384 g/mol. The van der Waals surface area contributed by atoms with Crippen LogP contribution in [0.1, 0.15) is 18.1 Å². The summed E-state index contributed by atoms with van der Waals surface area (Å²) in [7, 11) is 1.28. The van der Waals surface area contributed by atoms with Gasteiger partial charge in [-0.25, -0.2) is 8.78 Å². The maximum atomic E-state index is 14.0. The quantitative estimate of drug-likeness (QED) is 0.461. The van der Waals surface area contributed by atoms with Gasteiger partial charge < -0.3 is 9.47 Å². The number of methoxy groups -OCH3 is 1. The molecule has 0 amide bonds.